The molecule has 0 unspecified atom stereocenters. The normalized spacial score (nSPS) is 18.3. The Balaban J connectivity index is 1.79. The zero-order chi connectivity index (χ0) is 19.8. The number of nitrogens with zero attached hydrogens (tertiary/aromatic N) is 1. The summed E-state index contributed by atoms with van der Waals surface area (Å²) in [7, 11) is -3.95. The fourth-order valence-corrected chi connectivity index (χ4v) is 4.83. The van der Waals surface area contributed by atoms with E-state index in [1.807, 2.05) is 13.8 Å². The minimum absolute atomic E-state index is 0.0363. The van der Waals surface area contributed by atoms with Crippen LogP contribution in [0.15, 0.2) is 23.1 Å². The van der Waals surface area contributed by atoms with Crippen molar-refractivity contribution >= 4 is 27.6 Å². The summed E-state index contributed by atoms with van der Waals surface area (Å²) in [5.41, 5.74) is 1.57. The van der Waals surface area contributed by atoms with E-state index >= 15 is 0 Å². The van der Waals surface area contributed by atoms with Gasteiger partial charge in [0.1, 0.15) is 6.04 Å². The van der Waals surface area contributed by atoms with E-state index < -0.39 is 22.0 Å². The van der Waals surface area contributed by atoms with Gasteiger partial charge in [-0.15, -0.1) is 0 Å². The number of carbonyl (C=O) groups excluding carboxylic acids is 1. The first-order valence-electron chi connectivity index (χ1n) is 9.38. The molecule has 2 aliphatic rings. The predicted octanol–water partition coefficient (Wildman–Crippen LogP) is 2.15. The van der Waals surface area contributed by atoms with Crippen LogP contribution in [-0.2, 0) is 26.0 Å². The van der Waals surface area contributed by atoms with Gasteiger partial charge in [0.25, 0.3) is 0 Å². The Morgan fingerprint density at radius 1 is 1.30 bits per heavy atom. The second-order valence-electron chi connectivity index (χ2n) is 7.80. The number of anilines is 1. The largest absolute Gasteiger partial charge is 0.480 e. The predicted molar refractivity (Wildman–Crippen MR) is 101 cm³/mol. The highest BCUT2D eigenvalue weighted by Crippen LogP contribution is 2.35. The first-order chi connectivity index (χ1) is 12.7. The molecule has 0 bridgehead atoms. The summed E-state index contributed by atoms with van der Waals surface area (Å²) < 4.78 is 27.6. The van der Waals surface area contributed by atoms with Crippen LogP contribution >= 0.6 is 0 Å². The number of nitrogens with one attached hydrogen (secondary N) is 1. The van der Waals surface area contributed by atoms with Gasteiger partial charge in [0, 0.05) is 18.2 Å². The highest BCUT2D eigenvalue weighted by Gasteiger charge is 2.34. The van der Waals surface area contributed by atoms with Crippen molar-refractivity contribution in [3.63, 3.8) is 0 Å². The molecule has 148 valence electrons. The lowest BCUT2D eigenvalue weighted by atomic mass is 9.84. The number of hydrogen-bond donors (Lipinski definition) is 2. The van der Waals surface area contributed by atoms with Gasteiger partial charge in [-0.3, -0.25) is 9.59 Å². The molecule has 1 aliphatic carbocycles. The van der Waals surface area contributed by atoms with Crippen LogP contribution in [0.5, 0.6) is 0 Å². The van der Waals surface area contributed by atoms with Gasteiger partial charge in [0.2, 0.25) is 15.9 Å². The van der Waals surface area contributed by atoms with Crippen LogP contribution in [0.4, 0.5) is 5.69 Å². The van der Waals surface area contributed by atoms with E-state index in [2.05, 4.69) is 4.72 Å². The Hall–Kier alpha value is -1.93. The van der Waals surface area contributed by atoms with E-state index in [0.717, 1.165) is 30.5 Å². The molecule has 0 saturated heterocycles. The Labute approximate surface area is 159 Å². The fraction of sp³-hybridized carbons (Fsp3) is 0.579. The van der Waals surface area contributed by atoms with Crippen LogP contribution in [0, 0.1) is 11.8 Å². The number of rotatable bonds is 7. The van der Waals surface area contributed by atoms with Crippen LogP contribution in [0.3, 0.4) is 0 Å². The van der Waals surface area contributed by atoms with Gasteiger partial charge >= 0.3 is 5.97 Å². The maximum absolute atomic E-state index is 12.7. The lowest BCUT2D eigenvalue weighted by Crippen LogP contribution is -2.41. The molecule has 0 spiro atoms. The molecule has 1 saturated carbocycles. The SMILES string of the molecule is CC(C)C[C@H](NS(=O)(=O)c1ccc2c(c1)CCN2C(=O)C1CCC1)C(=O)O. The standard InChI is InChI=1S/C19H26N2O5S/c1-12(2)10-16(19(23)24)20-27(25,26)15-6-7-17-14(11-15)8-9-21(17)18(22)13-4-3-5-13/h6-7,11-13,16,20H,3-5,8-10H2,1-2H3,(H,23,24)/t16-/m0/s1. The molecule has 1 aliphatic heterocycles. The Kier molecular flexibility index (Phi) is 5.58. The third-order valence-corrected chi connectivity index (χ3v) is 6.75. The number of fused-ring (bicyclic) bond motifs is 1. The van der Waals surface area contributed by atoms with Gasteiger partial charge in [0.05, 0.1) is 4.90 Å². The topological polar surface area (TPSA) is 104 Å². The molecule has 27 heavy (non-hydrogen) atoms. The van der Waals surface area contributed by atoms with Crippen LogP contribution in [0.2, 0.25) is 0 Å². The van der Waals surface area contributed by atoms with Crippen molar-refractivity contribution in [2.45, 2.75) is 56.9 Å². The molecular formula is C19H26N2O5S. The Morgan fingerprint density at radius 2 is 2.00 bits per heavy atom. The van der Waals surface area contributed by atoms with Crippen LogP contribution in [0.25, 0.3) is 0 Å². The number of carboxylic acid groups (broad SMARTS) is 1. The zero-order valence-corrected chi connectivity index (χ0v) is 16.5. The summed E-state index contributed by atoms with van der Waals surface area (Å²) >= 11 is 0. The van der Waals surface area contributed by atoms with Crippen LogP contribution < -0.4 is 9.62 Å². The third-order valence-electron chi connectivity index (χ3n) is 5.28. The number of aliphatic carboxylic acids is 1. The van der Waals surface area contributed by atoms with E-state index in [-0.39, 0.29) is 29.1 Å². The Bertz CT molecular complexity index is 846. The number of carbonyl (C=O) groups is 2. The van der Waals surface area contributed by atoms with Gasteiger partial charge in [-0.25, -0.2) is 8.42 Å². The number of benzene rings is 1. The molecule has 7 nitrogen and oxygen atoms in total. The lowest BCUT2D eigenvalue weighted by molar-refractivity contribution is -0.139. The molecule has 1 atom stereocenters. The second-order valence-corrected chi connectivity index (χ2v) is 9.51. The zero-order valence-electron chi connectivity index (χ0n) is 15.6. The van der Waals surface area contributed by atoms with Crippen LogP contribution in [-0.4, -0.2) is 38.0 Å². The van der Waals surface area contributed by atoms with Crippen molar-refractivity contribution in [3.8, 4) is 0 Å². The van der Waals surface area contributed by atoms with E-state index in [1.165, 1.54) is 6.07 Å². The lowest BCUT2D eigenvalue weighted by Gasteiger charge is -2.29. The summed E-state index contributed by atoms with van der Waals surface area (Å²) in [6, 6.07) is 3.49. The van der Waals surface area contributed by atoms with Crippen molar-refractivity contribution in [2.24, 2.45) is 11.8 Å². The summed E-state index contributed by atoms with van der Waals surface area (Å²) in [4.78, 5) is 25.7. The number of sulfonamides is 1. The molecule has 8 heteroatoms. The Morgan fingerprint density at radius 3 is 2.56 bits per heavy atom. The number of carboxylic acids is 1. The van der Waals surface area contributed by atoms with E-state index in [1.54, 1.807) is 17.0 Å². The van der Waals surface area contributed by atoms with Crippen molar-refractivity contribution in [1.82, 2.24) is 4.72 Å². The van der Waals surface area contributed by atoms with Gasteiger partial charge in [-0.05, 0) is 55.4 Å². The first-order valence-corrected chi connectivity index (χ1v) is 10.9. The third kappa shape index (κ3) is 4.16. The van der Waals surface area contributed by atoms with Gasteiger partial charge < -0.3 is 10.0 Å². The van der Waals surface area contributed by atoms with E-state index in [0.29, 0.717) is 13.0 Å². The molecule has 0 aromatic heterocycles. The number of hydrogen-bond acceptors (Lipinski definition) is 4. The quantitative estimate of drug-likeness (QED) is 0.737. The minimum Gasteiger partial charge on any atom is -0.480 e. The maximum Gasteiger partial charge on any atom is 0.321 e. The summed E-state index contributed by atoms with van der Waals surface area (Å²) in [5.74, 6) is -0.935. The second kappa shape index (κ2) is 7.59. The molecular weight excluding hydrogens is 368 g/mol. The maximum atomic E-state index is 12.7. The van der Waals surface area contributed by atoms with Gasteiger partial charge in [0.15, 0.2) is 0 Å². The highest BCUT2D eigenvalue weighted by molar-refractivity contribution is 7.89. The number of amides is 1. The molecule has 1 amide bonds. The molecule has 1 aromatic rings. The molecule has 2 N–H and O–H groups in total. The fourth-order valence-electron chi connectivity index (χ4n) is 3.58. The minimum atomic E-state index is -3.95. The first kappa shape index (κ1) is 19.8. The molecule has 3 rings (SSSR count). The monoisotopic (exact) mass is 394 g/mol. The van der Waals surface area contributed by atoms with Crippen molar-refractivity contribution in [2.75, 3.05) is 11.4 Å². The highest BCUT2D eigenvalue weighted by atomic mass is 32.2. The van der Waals surface area contributed by atoms with E-state index in [9.17, 15) is 23.1 Å². The summed E-state index contributed by atoms with van der Waals surface area (Å²) in [6.07, 6.45) is 3.75. The van der Waals surface area contributed by atoms with Gasteiger partial charge in [-0.2, -0.15) is 4.72 Å². The van der Waals surface area contributed by atoms with E-state index in [4.69, 9.17) is 0 Å². The smallest absolute Gasteiger partial charge is 0.321 e. The van der Waals surface area contributed by atoms with Crippen molar-refractivity contribution in [3.05, 3.63) is 23.8 Å². The van der Waals surface area contributed by atoms with Crippen molar-refractivity contribution < 1.29 is 23.1 Å². The average molecular weight is 394 g/mol. The van der Waals surface area contributed by atoms with Crippen molar-refractivity contribution in [1.29, 1.82) is 0 Å². The van der Waals surface area contributed by atoms with Crippen LogP contribution in [0.1, 0.15) is 45.1 Å². The molecule has 1 aromatic carbocycles. The van der Waals surface area contributed by atoms with Gasteiger partial charge in [-0.1, -0.05) is 20.3 Å². The summed E-state index contributed by atoms with van der Waals surface area (Å²) in [5, 5.41) is 9.29. The molecule has 0 radical (unpaired) electrons. The summed E-state index contributed by atoms with van der Waals surface area (Å²) in [6.45, 7) is 4.24. The molecule has 1 heterocycles. The average Bonchev–Trinajstić information content (AvgIpc) is 2.94. The molecule has 1 fully saturated rings.